The maximum absolute atomic E-state index is 11.3. The van der Waals surface area contributed by atoms with Crippen LogP contribution in [-0.4, -0.2) is 28.6 Å². The number of carboxylic acid groups (broad SMARTS) is 1. The van der Waals surface area contributed by atoms with Crippen molar-refractivity contribution in [1.82, 2.24) is 15.6 Å². The number of amides is 2. The number of rotatable bonds is 6. The molecule has 0 fully saturated rings. The fraction of sp³-hybridized carbons (Fsp3) is 0.364. The van der Waals surface area contributed by atoms with Crippen LogP contribution in [0, 0.1) is 0 Å². The minimum Gasteiger partial charge on any atom is -0.481 e. The normalized spacial score (nSPS) is 9.65. The topological polar surface area (TPSA) is 91.3 Å². The molecule has 1 rings (SSSR count). The van der Waals surface area contributed by atoms with Crippen LogP contribution in [0.5, 0.6) is 0 Å². The Bertz CT molecular complexity index is 367. The van der Waals surface area contributed by atoms with E-state index in [0.29, 0.717) is 19.5 Å². The molecule has 0 saturated heterocycles. The van der Waals surface area contributed by atoms with Gasteiger partial charge in [-0.05, 0) is 18.6 Å². The molecule has 2 amide bonds. The zero-order valence-corrected chi connectivity index (χ0v) is 9.35. The Morgan fingerprint density at radius 1 is 1.29 bits per heavy atom. The van der Waals surface area contributed by atoms with Crippen molar-refractivity contribution < 1.29 is 14.7 Å². The maximum Gasteiger partial charge on any atom is 0.315 e. The van der Waals surface area contributed by atoms with E-state index < -0.39 is 5.97 Å². The van der Waals surface area contributed by atoms with Crippen LogP contribution >= 0.6 is 0 Å². The van der Waals surface area contributed by atoms with Gasteiger partial charge in [0.25, 0.3) is 0 Å². The first-order valence-corrected chi connectivity index (χ1v) is 5.32. The van der Waals surface area contributed by atoms with Crippen LogP contribution in [0.1, 0.15) is 18.5 Å². The zero-order valence-electron chi connectivity index (χ0n) is 9.35. The summed E-state index contributed by atoms with van der Waals surface area (Å²) in [6.45, 7) is 0.700. The highest BCUT2D eigenvalue weighted by Crippen LogP contribution is 1.91. The Balaban J connectivity index is 2.11. The number of carboxylic acids is 1. The summed E-state index contributed by atoms with van der Waals surface area (Å²) in [7, 11) is 0. The van der Waals surface area contributed by atoms with Gasteiger partial charge in [-0.3, -0.25) is 9.78 Å². The van der Waals surface area contributed by atoms with E-state index in [-0.39, 0.29) is 12.5 Å². The fourth-order valence-corrected chi connectivity index (χ4v) is 1.18. The molecule has 0 spiro atoms. The van der Waals surface area contributed by atoms with Gasteiger partial charge < -0.3 is 15.7 Å². The smallest absolute Gasteiger partial charge is 0.315 e. The minimum atomic E-state index is -0.860. The van der Waals surface area contributed by atoms with Gasteiger partial charge in [0.2, 0.25) is 0 Å². The third-order valence-corrected chi connectivity index (χ3v) is 2.01. The number of urea groups is 1. The molecule has 92 valence electrons. The lowest BCUT2D eigenvalue weighted by Crippen LogP contribution is -2.35. The fourth-order valence-electron chi connectivity index (χ4n) is 1.18. The van der Waals surface area contributed by atoms with Gasteiger partial charge in [-0.25, -0.2) is 4.79 Å². The van der Waals surface area contributed by atoms with Crippen molar-refractivity contribution in [2.75, 3.05) is 6.54 Å². The van der Waals surface area contributed by atoms with Crippen LogP contribution in [0.2, 0.25) is 0 Å². The number of nitrogens with one attached hydrogen (secondary N) is 2. The Kier molecular flexibility index (Phi) is 5.50. The summed E-state index contributed by atoms with van der Waals surface area (Å²) < 4.78 is 0. The van der Waals surface area contributed by atoms with Crippen molar-refractivity contribution in [3.8, 4) is 0 Å². The number of aliphatic carboxylic acids is 1. The summed E-state index contributed by atoms with van der Waals surface area (Å²) in [4.78, 5) is 25.5. The first kappa shape index (κ1) is 13.0. The molecular weight excluding hydrogens is 222 g/mol. The van der Waals surface area contributed by atoms with Crippen LogP contribution in [0.25, 0.3) is 0 Å². The lowest BCUT2D eigenvalue weighted by molar-refractivity contribution is -0.137. The van der Waals surface area contributed by atoms with Gasteiger partial charge >= 0.3 is 12.0 Å². The number of pyridine rings is 1. The van der Waals surface area contributed by atoms with E-state index in [9.17, 15) is 9.59 Å². The first-order valence-electron chi connectivity index (χ1n) is 5.32. The lowest BCUT2D eigenvalue weighted by Gasteiger charge is -2.06. The second-order valence-corrected chi connectivity index (χ2v) is 3.43. The number of carbonyl (C=O) groups excluding carboxylic acids is 1. The molecule has 17 heavy (non-hydrogen) atoms. The molecule has 1 aromatic heterocycles. The molecule has 0 aliphatic heterocycles. The number of hydrogen-bond donors (Lipinski definition) is 3. The number of nitrogens with zero attached hydrogens (tertiary/aromatic N) is 1. The molecule has 6 heteroatoms. The molecule has 1 aromatic rings. The standard InChI is InChI=1S/C11H15N3O3/c15-10(16)5-3-7-13-11(17)14-8-9-4-1-2-6-12-9/h1-2,4,6H,3,5,7-8H2,(H,15,16)(H2,13,14,17). The third kappa shape index (κ3) is 6.14. The van der Waals surface area contributed by atoms with E-state index in [2.05, 4.69) is 15.6 Å². The van der Waals surface area contributed by atoms with Gasteiger partial charge in [0, 0.05) is 19.2 Å². The van der Waals surface area contributed by atoms with Crippen molar-refractivity contribution in [3.63, 3.8) is 0 Å². The molecule has 0 aliphatic rings. The van der Waals surface area contributed by atoms with E-state index in [4.69, 9.17) is 5.11 Å². The van der Waals surface area contributed by atoms with Gasteiger partial charge in [0.1, 0.15) is 0 Å². The lowest BCUT2D eigenvalue weighted by atomic mass is 10.3. The third-order valence-electron chi connectivity index (χ3n) is 2.01. The van der Waals surface area contributed by atoms with E-state index in [0.717, 1.165) is 5.69 Å². The molecule has 6 nitrogen and oxygen atoms in total. The summed E-state index contributed by atoms with van der Waals surface area (Å²) in [5.74, 6) is -0.860. The van der Waals surface area contributed by atoms with Gasteiger partial charge in [0.15, 0.2) is 0 Å². The largest absolute Gasteiger partial charge is 0.481 e. The van der Waals surface area contributed by atoms with E-state index in [1.165, 1.54) is 0 Å². The van der Waals surface area contributed by atoms with Crippen LogP contribution in [0.3, 0.4) is 0 Å². The summed E-state index contributed by atoms with van der Waals surface area (Å²) >= 11 is 0. The Morgan fingerprint density at radius 3 is 2.76 bits per heavy atom. The monoisotopic (exact) mass is 237 g/mol. The summed E-state index contributed by atoms with van der Waals surface area (Å²) in [5.41, 5.74) is 0.771. The number of hydrogen-bond acceptors (Lipinski definition) is 3. The highest BCUT2D eigenvalue weighted by molar-refractivity contribution is 5.73. The molecule has 0 aromatic carbocycles. The van der Waals surface area contributed by atoms with E-state index >= 15 is 0 Å². The molecule has 3 N–H and O–H groups in total. The second-order valence-electron chi connectivity index (χ2n) is 3.43. The van der Waals surface area contributed by atoms with Gasteiger partial charge in [-0.1, -0.05) is 6.07 Å². The molecular formula is C11H15N3O3. The summed E-state index contributed by atoms with van der Waals surface area (Å²) in [5, 5.41) is 13.6. The zero-order chi connectivity index (χ0) is 12.5. The van der Waals surface area contributed by atoms with Crippen LogP contribution in [-0.2, 0) is 11.3 Å². The van der Waals surface area contributed by atoms with Crippen LogP contribution < -0.4 is 10.6 Å². The quantitative estimate of drug-likeness (QED) is 0.636. The average molecular weight is 237 g/mol. The van der Waals surface area contributed by atoms with Crippen molar-refractivity contribution in [3.05, 3.63) is 30.1 Å². The molecule has 0 atom stereocenters. The van der Waals surface area contributed by atoms with E-state index in [1.54, 1.807) is 12.3 Å². The number of carbonyl (C=O) groups is 2. The minimum absolute atomic E-state index is 0.0561. The summed E-state index contributed by atoms with van der Waals surface area (Å²) in [6.07, 6.45) is 2.13. The molecule has 1 heterocycles. The molecule has 0 saturated carbocycles. The van der Waals surface area contributed by atoms with Crippen LogP contribution in [0.15, 0.2) is 24.4 Å². The molecule has 0 radical (unpaired) electrons. The maximum atomic E-state index is 11.3. The SMILES string of the molecule is O=C(O)CCCNC(=O)NCc1ccccn1. The van der Waals surface area contributed by atoms with Crippen molar-refractivity contribution in [2.24, 2.45) is 0 Å². The second kappa shape index (κ2) is 7.21. The van der Waals surface area contributed by atoms with Gasteiger partial charge in [-0.2, -0.15) is 0 Å². The number of aromatic nitrogens is 1. The van der Waals surface area contributed by atoms with Crippen molar-refractivity contribution >= 4 is 12.0 Å². The molecule has 0 unspecified atom stereocenters. The predicted octanol–water partition coefficient (Wildman–Crippen LogP) is 0.746. The Labute approximate surface area is 99.1 Å². The molecule has 0 bridgehead atoms. The average Bonchev–Trinajstić information content (AvgIpc) is 2.33. The highest BCUT2D eigenvalue weighted by Gasteiger charge is 2.01. The predicted molar refractivity (Wildman–Crippen MR) is 61.3 cm³/mol. The van der Waals surface area contributed by atoms with Crippen molar-refractivity contribution in [1.29, 1.82) is 0 Å². The van der Waals surface area contributed by atoms with Crippen molar-refractivity contribution in [2.45, 2.75) is 19.4 Å². The summed E-state index contributed by atoms with van der Waals surface area (Å²) in [6, 6.07) is 5.13. The van der Waals surface area contributed by atoms with Crippen LogP contribution in [0.4, 0.5) is 4.79 Å². The van der Waals surface area contributed by atoms with E-state index in [1.807, 2.05) is 12.1 Å². The first-order chi connectivity index (χ1) is 8.18. The van der Waals surface area contributed by atoms with Gasteiger partial charge in [0.05, 0.1) is 12.2 Å². The van der Waals surface area contributed by atoms with Gasteiger partial charge in [-0.15, -0.1) is 0 Å². The molecule has 0 aliphatic carbocycles. The Morgan fingerprint density at radius 2 is 2.12 bits per heavy atom. The Hall–Kier alpha value is -2.11. The highest BCUT2D eigenvalue weighted by atomic mass is 16.4.